The Morgan fingerprint density at radius 1 is 1.21 bits per heavy atom. The van der Waals surface area contributed by atoms with E-state index >= 15 is 0 Å². The fraction of sp³-hybridized carbons (Fsp3) is 0.312. The van der Waals surface area contributed by atoms with Gasteiger partial charge in [-0.15, -0.1) is 11.3 Å². The third-order valence-corrected chi connectivity index (χ3v) is 4.91. The van der Waals surface area contributed by atoms with Crippen molar-refractivity contribution < 1.29 is 4.79 Å². The Kier molecular flexibility index (Phi) is 3.15. The number of carbonyl (C=O) groups excluding carboxylic acids is 1. The van der Waals surface area contributed by atoms with Crippen molar-refractivity contribution >= 4 is 23.3 Å². The molecule has 0 saturated carbocycles. The van der Waals surface area contributed by atoms with Gasteiger partial charge in [0.05, 0.1) is 0 Å². The number of nitrogen functional groups attached to an aromatic ring is 1. The van der Waals surface area contributed by atoms with E-state index in [9.17, 15) is 4.79 Å². The highest BCUT2D eigenvalue weighted by molar-refractivity contribution is 7.10. The van der Waals surface area contributed by atoms with Crippen molar-refractivity contribution in [3.63, 3.8) is 0 Å². The summed E-state index contributed by atoms with van der Waals surface area (Å²) in [5, 5.41) is 2.19. The van der Waals surface area contributed by atoms with Crippen LogP contribution in [0.15, 0.2) is 17.5 Å². The fourth-order valence-corrected chi connectivity index (χ4v) is 4.05. The summed E-state index contributed by atoms with van der Waals surface area (Å²) in [6.07, 6.45) is 5.72. The van der Waals surface area contributed by atoms with Gasteiger partial charge in [0, 0.05) is 16.1 Å². The highest BCUT2D eigenvalue weighted by Crippen LogP contribution is 2.39. The van der Waals surface area contributed by atoms with Crippen LogP contribution in [-0.2, 0) is 12.8 Å². The first-order valence-electron chi connectivity index (χ1n) is 6.65. The topological polar surface area (TPSA) is 43.1 Å². The van der Waals surface area contributed by atoms with Crippen molar-refractivity contribution in [1.82, 2.24) is 0 Å². The Bertz CT molecular complexity index is 642. The van der Waals surface area contributed by atoms with E-state index in [4.69, 9.17) is 5.73 Å². The van der Waals surface area contributed by atoms with Gasteiger partial charge in [0.25, 0.3) is 0 Å². The van der Waals surface area contributed by atoms with Crippen molar-refractivity contribution in [2.75, 3.05) is 5.73 Å². The number of hydrogen-bond acceptors (Lipinski definition) is 3. The number of aldehydes is 1. The molecule has 0 radical (unpaired) electrons. The van der Waals surface area contributed by atoms with E-state index in [-0.39, 0.29) is 0 Å². The van der Waals surface area contributed by atoms with Gasteiger partial charge in [-0.1, -0.05) is 6.07 Å². The molecule has 0 bridgehead atoms. The van der Waals surface area contributed by atoms with Crippen molar-refractivity contribution in [1.29, 1.82) is 0 Å². The molecule has 2 aromatic rings. The Balaban J connectivity index is 2.22. The highest BCUT2D eigenvalue weighted by Gasteiger charge is 2.19. The van der Waals surface area contributed by atoms with Gasteiger partial charge in [0.1, 0.15) is 0 Å². The van der Waals surface area contributed by atoms with E-state index in [0.29, 0.717) is 11.3 Å². The molecule has 3 heteroatoms. The second-order valence-corrected chi connectivity index (χ2v) is 6.16. The van der Waals surface area contributed by atoms with Crippen molar-refractivity contribution in [2.24, 2.45) is 0 Å². The van der Waals surface area contributed by atoms with Crippen LogP contribution in [0.2, 0.25) is 0 Å². The van der Waals surface area contributed by atoms with Crippen LogP contribution >= 0.6 is 11.3 Å². The Morgan fingerprint density at radius 3 is 2.79 bits per heavy atom. The average Bonchev–Trinajstić information content (AvgIpc) is 2.81. The lowest BCUT2D eigenvalue weighted by Crippen LogP contribution is -2.02. The summed E-state index contributed by atoms with van der Waals surface area (Å²) >= 11 is 1.82. The number of fused-ring (bicyclic) bond motifs is 1. The van der Waals surface area contributed by atoms with Gasteiger partial charge in [0.2, 0.25) is 0 Å². The van der Waals surface area contributed by atoms with E-state index in [2.05, 4.69) is 11.4 Å². The Hall–Kier alpha value is -1.61. The van der Waals surface area contributed by atoms with Crippen LogP contribution in [0.25, 0.3) is 11.1 Å². The Morgan fingerprint density at radius 2 is 2.00 bits per heavy atom. The van der Waals surface area contributed by atoms with Gasteiger partial charge >= 0.3 is 0 Å². The smallest absolute Gasteiger partial charge is 0.152 e. The maximum absolute atomic E-state index is 11.3. The molecular formula is C16H17NOS. The molecule has 0 spiro atoms. The van der Waals surface area contributed by atoms with Crippen LogP contribution in [0.4, 0.5) is 5.69 Å². The van der Waals surface area contributed by atoms with Gasteiger partial charge in [-0.25, -0.2) is 0 Å². The fourth-order valence-electron chi connectivity index (χ4n) is 2.90. The first-order chi connectivity index (χ1) is 9.20. The number of carbonyl (C=O) groups is 1. The molecule has 0 fully saturated rings. The molecule has 1 aliphatic rings. The standard InChI is InChI=1S/C16H17NOS/c1-10-6-12(13(8-18)15(17)7-10)14-9-19-16-5-3-2-4-11(14)16/h6-9H,2-5,17H2,1H3. The monoisotopic (exact) mass is 271 g/mol. The molecule has 2 N–H and O–H groups in total. The van der Waals surface area contributed by atoms with E-state index in [0.717, 1.165) is 23.8 Å². The number of aryl methyl sites for hydroxylation is 2. The third-order valence-electron chi connectivity index (χ3n) is 3.83. The summed E-state index contributed by atoms with van der Waals surface area (Å²) < 4.78 is 0. The molecule has 19 heavy (non-hydrogen) atoms. The molecule has 0 unspecified atom stereocenters. The molecule has 1 aromatic heterocycles. The summed E-state index contributed by atoms with van der Waals surface area (Å²) in [7, 11) is 0. The summed E-state index contributed by atoms with van der Waals surface area (Å²) in [5.41, 5.74) is 12.0. The molecule has 0 aliphatic heterocycles. The first-order valence-corrected chi connectivity index (χ1v) is 7.53. The van der Waals surface area contributed by atoms with Gasteiger partial charge in [-0.2, -0.15) is 0 Å². The molecule has 1 heterocycles. The number of hydrogen-bond donors (Lipinski definition) is 1. The van der Waals surface area contributed by atoms with Gasteiger partial charge < -0.3 is 5.73 Å². The molecule has 1 aliphatic carbocycles. The minimum Gasteiger partial charge on any atom is -0.398 e. The molecular weight excluding hydrogens is 254 g/mol. The number of anilines is 1. The summed E-state index contributed by atoms with van der Waals surface area (Å²) in [6.45, 7) is 2.02. The highest BCUT2D eigenvalue weighted by atomic mass is 32.1. The minimum absolute atomic E-state index is 0.584. The summed E-state index contributed by atoms with van der Waals surface area (Å²) in [5.74, 6) is 0. The summed E-state index contributed by atoms with van der Waals surface area (Å²) in [6, 6.07) is 3.95. The molecule has 3 rings (SSSR count). The molecule has 2 nitrogen and oxygen atoms in total. The lowest BCUT2D eigenvalue weighted by atomic mass is 9.90. The molecule has 0 atom stereocenters. The van der Waals surface area contributed by atoms with E-state index in [1.807, 2.05) is 24.3 Å². The molecule has 0 amide bonds. The predicted molar refractivity (Wildman–Crippen MR) is 80.9 cm³/mol. The van der Waals surface area contributed by atoms with Crippen LogP contribution in [-0.4, -0.2) is 6.29 Å². The second kappa shape index (κ2) is 4.82. The quantitative estimate of drug-likeness (QED) is 0.662. The summed E-state index contributed by atoms with van der Waals surface area (Å²) in [4.78, 5) is 12.8. The SMILES string of the molecule is Cc1cc(N)c(C=O)c(-c2csc3c2CCCC3)c1. The molecule has 1 aromatic carbocycles. The predicted octanol–water partition coefficient (Wildman–Crippen LogP) is 4.00. The second-order valence-electron chi connectivity index (χ2n) is 5.19. The van der Waals surface area contributed by atoms with Crippen LogP contribution in [0.3, 0.4) is 0 Å². The largest absolute Gasteiger partial charge is 0.398 e. The van der Waals surface area contributed by atoms with Gasteiger partial charge in [-0.05, 0) is 66.3 Å². The number of thiophene rings is 1. The first kappa shape index (κ1) is 12.4. The Labute approximate surface area is 117 Å². The maximum atomic E-state index is 11.3. The van der Waals surface area contributed by atoms with E-state index in [1.165, 1.54) is 35.3 Å². The lowest BCUT2D eigenvalue weighted by Gasteiger charge is -2.15. The average molecular weight is 271 g/mol. The van der Waals surface area contributed by atoms with E-state index < -0.39 is 0 Å². The van der Waals surface area contributed by atoms with Crippen LogP contribution in [0.1, 0.15) is 39.2 Å². The molecule has 0 saturated heterocycles. The normalized spacial score (nSPS) is 14.2. The van der Waals surface area contributed by atoms with Crippen LogP contribution in [0.5, 0.6) is 0 Å². The maximum Gasteiger partial charge on any atom is 0.152 e. The zero-order chi connectivity index (χ0) is 13.4. The number of nitrogens with two attached hydrogens (primary N) is 1. The zero-order valence-corrected chi connectivity index (χ0v) is 11.8. The lowest BCUT2D eigenvalue weighted by molar-refractivity contribution is 0.112. The third kappa shape index (κ3) is 2.08. The van der Waals surface area contributed by atoms with E-state index in [1.54, 1.807) is 0 Å². The minimum atomic E-state index is 0.584. The van der Waals surface area contributed by atoms with Crippen molar-refractivity contribution in [2.45, 2.75) is 32.6 Å². The van der Waals surface area contributed by atoms with Crippen molar-refractivity contribution in [3.8, 4) is 11.1 Å². The van der Waals surface area contributed by atoms with Gasteiger partial charge in [-0.3, -0.25) is 4.79 Å². The van der Waals surface area contributed by atoms with Crippen LogP contribution < -0.4 is 5.73 Å². The number of rotatable bonds is 2. The van der Waals surface area contributed by atoms with Crippen molar-refractivity contribution in [3.05, 3.63) is 39.1 Å². The number of benzene rings is 1. The van der Waals surface area contributed by atoms with Gasteiger partial charge in [0.15, 0.2) is 6.29 Å². The van der Waals surface area contributed by atoms with Crippen LogP contribution in [0, 0.1) is 6.92 Å². The molecule has 98 valence electrons. The zero-order valence-electron chi connectivity index (χ0n) is 11.0.